The van der Waals surface area contributed by atoms with Crippen molar-refractivity contribution in [3.05, 3.63) is 52.9 Å². The number of piperidine rings is 1. The first-order chi connectivity index (χ1) is 16.5. The molecule has 2 fully saturated rings. The third-order valence-electron chi connectivity index (χ3n) is 6.92. The Hall–Kier alpha value is -3.75. The molecule has 9 nitrogen and oxygen atoms in total. The van der Waals surface area contributed by atoms with Crippen molar-refractivity contribution in [2.75, 3.05) is 38.8 Å². The fourth-order valence-corrected chi connectivity index (χ4v) is 5.15. The third kappa shape index (κ3) is 3.81. The molecule has 0 saturated carbocycles. The summed E-state index contributed by atoms with van der Waals surface area (Å²) in [7, 11) is 3.12. The van der Waals surface area contributed by atoms with Gasteiger partial charge in [-0.05, 0) is 37.1 Å². The standard InChI is InChI=1S/C25H28N4O5/c1-33-18-7-8-22(34-2)21(14-18)28-15-16(13-23(28)30)24(31)27-11-9-17(10-12-27)29-20-6-4-3-5-19(20)26-25(29)32/h3-8,14,16-17H,9-13,15H2,1-2H3,(H,26,32). The summed E-state index contributed by atoms with van der Waals surface area (Å²) in [6.07, 6.45) is 1.56. The quantitative estimate of drug-likeness (QED) is 0.626. The van der Waals surface area contributed by atoms with E-state index in [4.69, 9.17) is 9.47 Å². The van der Waals surface area contributed by atoms with Gasteiger partial charge in [-0.25, -0.2) is 4.79 Å². The van der Waals surface area contributed by atoms with E-state index in [0.29, 0.717) is 49.7 Å². The Morgan fingerprint density at radius 3 is 2.53 bits per heavy atom. The van der Waals surface area contributed by atoms with E-state index in [0.717, 1.165) is 11.0 Å². The number of amides is 2. The number of nitrogens with one attached hydrogen (secondary N) is 1. The summed E-state index contributed by atoms with van der Waals surface area (Å²) in [5.74, 6) is 0.656. The van der Waals surface area contributed by atoms with Crippen molar-refractivity contribution >= 4 is 28.5 Å². The van der Waals surface area contributed by atoms with Crippen LogP contribution in [0.5, 0.6) is 11.5 Å². The number of aromatic amines is 1. The highest BCUT2D eigenvalue weighted by atomic mass is 16.5. The van der Waals surface area contributed by atoms with Crippen molar-refractivity contribution in [2.45, 2.75) is 25.3 Å². The number of imidazole rings is 1. The molecule has 34 heavy (non-hydrogen) atoms. The maximum absolute atomic E-state index is 13.3. The highest BCUT2D eigenvalue weighted by molar-refractivity contribution is 6.01. The molecule has 1 aromatic heterocycles. The number of fused-ring (bicyclic) bond motifs is 1. The predicted octanol–water partition coefficient (Wildman–Crippen LogP) is 2.56. The summed E-state index contributed by atoms with van der Waals surface area (Å²) in [5, 5.41) is 0. The molecular formula is C25H28N4O5. The second-order valence-corrected chi connectivity index (χ2v) is 8.82. The van der Waals surface area contributed by atoms with Gasteiger partial charge in [0.2, 0.25) is 11.8 Å². The van der Waals surface area contributed by atoms with E-state index in [1.54, 1.807) is 37.3 Å². The van der Waals surface area contributed by atoms with Crippen molar-refractivity contribution in [3.63, 3.8) is 0 Å². The van der Waals surface area contributed by atoms with Crippen LogP contribution in [0, 0.1) is 5.92 Å². The molecule has 1 unspecified atom stereocenters. The van der Waals surface area contributed by atoms with E-state index in [2.05, 4.69) is 4.98 Å². The number of methoxy groups -OCH3 is 2. The van der Waals surface area contributed by atoms with Gasteiger partial charge in [-0.1, -0.05) is 12.1 Å². The number of carbonyl (C=O) groups is 2. The average molecular weight is 465 g/mol. The van der Waals surface area contributed by atoms with Crippen LogP contribution >= 0.6 is 0 Å². The number of hydrogen-bond donors (Lipinski definition) is 1. The van der Waals surface area contributed by atoms with Gasteiger partial charge in [-0.15, -0.1) is 0 Å². The highest BCUT2D eigenvalue weighted by Gasteiger charge is 2.39. The molecule has 0 radical (unpaired) electrons. The van der Waals surface area contributed by atoms with Crippen molar-refractivity contribution in [1.29, 1.82) is 0 Å². The van der Waals surface area contributed by atoms with E-state index in [1.807, 2.05) is 33.7 Å². The molecule has 2 amide bonds. The maximum atomic E-state index is 13.3. The van der Waals surface area contributed by atoms with Crippen LogP contribution in [0.25, 0.3) is 11.0 Å². The first kappa shape index (κ1) is 22.1. The van der Waals surface area contributed by atoms with Gasteiger partial charge in [0.05, 0.1) is 36.9 Å². The lowest BCUT2D eigenvalue weighted by molar-refractivity contribution is -0.137. The minimum absolute atomic E-state index is 0.0116. The molecule has 3 heterocycles. The number of para-hydroxylation sites is 2. The zero-order chi connectivity index (χ0) is 23.8. The topological polar surface area (TPSA) is 96.9 Å². The normalized spacial score (nSPS) is 19.1. The Morgan fingerprint density at radius 2 is 1.79 bits per heavy atom. The fourth-order valence-electron chi connectivity index (χ4n) is 5.15. The Labute approximate surface area is 196 Å². The summed E-state index contributed by atoms with van der Waals surface area (Å²) >= 11 is 0. The molecule has 2 saturated heterocycles. The number of nitrogens with zero attached hydrogens (tertiary/aromatic N) is 3. The fraction of sp³-hybridized carbons (Fsp3) is 0.400. The minimum atomic E-state index is -0.407. The molecule has 9 heteroatoms. The average Bonchev–Trinajstić information content (AvgIpc) is 3.42. The number of benzene rings is 2. The Balaban J connectivity index is 1.27. The second-order valence-electron chi connectivity index (χ2n) is 8.82. The van der Waals surface area contributed by atoms with Crippen LogP contribution in [0.3, 0.4) is 0 Å². The number of aromatic nitrogens is 2. The summed E-state index contributed by atoms with van der Waals surface area (Å²) < 4.78 is 12.5. The zero-order valence-corrected chi connectivity index (χ0v) is 19.3. The van der Waals surface area contributed by atoms with Crippen LogP contribution in [-0.4, -0.2) is 60.1 Å². The minimum Gasteiger partial charge on any atom is -0.497 e. The molecule has 1 N–H and O–H groups in total. The monoisotopic (exact) mass is 464 g/mol. The Kier molecular flexibility index (Phi) is 5.77. The molecule has 2 aromatic carbocycles. The number of hydrogen-bond acceptors (Lipinski definition) is 5. The molecule has 0 spiro atoms. The van der Waals surface area contributed by atoms with Gasteiger partial charge in [0, 0.05) is 38.2 Å². The zero-order valence-electron chi connectivity index (χ0n) is 19.3. The first-order valence-electron chi connectivity index (χ1n) is 11.5. The van der Waals surface area contributed by atoms with Crippen LogP contribution in [0.4, 0.5) is 5.69 Å². The lowest BCUT2D eigenvalue weighted by atomic mass is 10.0. The van der Waals surface area contributed by atoms with Gasteiger partial charge in [0.25, 0.3) is 0 Å². The van der Waals surface area contributed by atoms with Gasteiger partial charge in [-0.3, -0.25) is 14.2 Å². The SMILES string of the molecule is COc1ccc(OC)c(N2CC(C(=O)N3CCC(n4c(=O)[nH]c5ccccc54)CC3)CC2=O)c1. The third-order valence-corrected chi connectivity index (χ3v) is 6.92. The first-order valence-corrected chi connectivity index (χ1v) is 11.5. The number of anilines is 1. The summed E-state index contributed by atoms with van der Waals surface area (Å²) in [6, 6.07) is 13.0. The lowest BCUT2D eigenvalue weighted by Gasteiger charge is -2.34. The van der Waals surface area contributed by atoms with Gasteiger partial charge in [-0.2, -0.15) is 0 Å². The number of rotatable bonds is 5. The largest absolute Gasteiger partial charge is 0.497 e. The second kappa shape index (κ2) is 8.89. The van der Waals surface area contributed by atoms with Crippen LogP contribution in [-0.2, 0) is 9.59 Å². The number of H-pyrrole nitrogens is 1. The number of carbonyl (C=O) groups excluding carboxylic acids is 2. The van der Waals surface area contributed by atoms with Crippen molar-refractivity contribution < 1.29 is 19.1 Å². The van der Waals surface area contributed by atoms with Gasteiger partial charge >= 0.3 is 5.69 Å². The molecule has 1 atom stereocenters. The van der Waals surface area contributed by atoms with E-state index >= 15 is 0 Å². The Bertz CT molecular complexity index is 1290. The molecule has 3 aromatic rings. The van der Waals surface area contributed by atoms with E-state index in [9.17, 15) is 14.4 Å². The van der Waals surface area contributed by atoms with Gasteiger partial charge < -0.3 is 24.3 Å². The predicted molar refractivity (Wildman–Crippen MR) is 127 cm³/mol. The summed E-state index contributed by atoms with van der Waals surface area (Å²) in [6.45, 7) is 1.42. The maximum Gasteiger partial charge on any atom is 0.326 e. The molecule has 2 aliphatic rings. The number of ether oxygens (including phenoxy) is 2. The van der Waals surface area contributed by atoms with Crippen LogP contribution in [0.2, 0.25) is 0 Å². The van der Waals surface area contributed by atoms with E-state index in [1.165, 1.54) is 0 Å². The van der Waals surface area contributed by atoms with Crippen molar-refractivity contribution in [3.8, 4) is 11.5 Å². The van der Waals surface area contributed by atoms with Crippen LogP contribution in [0.1, 0.15) is 25.3 Å². The summed E-state index contributed by atoms with van der Waals surface area (Å²) in [4.78, 5) is 45.0. The smallest absolute Gasteiger partial charge is 0.326 e. The molecule has 2 aliphatic heterocycles. The molecule has 0 aliphatic carbocycles. The summed E-state index contributed by atoms with van der Waals surface area (Å²) in [5.41, 5.74) is 2.21. The molecule has 178 valence electrons. The van der Waals surface area contributed by atoms with Crippen LogP contribution < -0.4 is 20.1 Å². The Morgan fingerprint density at radius 1 is 1.03 bits per heavy atom. The van der Waals surface area contributed by atoms with Crippen molar-refractivity contribution in [2.24, 2.45) is 5.92 Å². The van der Waals surface area contributed by atoms with E-state index in [-0.39, 0.29) is 30.0 Å². The molecule has 5 rings (SSSR count). The van der Waals surface area contributed by atoms with Crippen LogP contribution in [0.15, 0.2) is 47.3 Å². The lowest BCUT2D eigenvalue weighted by Crippen LogP contribution is -2.43. The highest BCUT2D eigenvalue weighted by Crippen LogP contribution is 2.37. The van der Waals surface area contributed by atoms with Gasteiger partial charge in [0.1, 0.15) is 11.5 Å². The molecular weight excluding hydrogens is 436 g/mol. The molecule has 0 bridgehead atoms. The van der Waals surface area contributed by atoms with Crippen molar-refractivity contribution in [1.82, 2.24) is 14.5 Å². The number of likely N-dealkylation sites (tertiary alicyclic amines) is 1. The van der Waals surface area contributed by atoms with Gasteiger partial charge in [0.15, 0.2) is 0 Å². The van der Waals surface area contributed by atoms with E-state index < -0.39 is 5.92 Å².